The van der Waals surface area contributed by atoms with Crippen LogP contribution < -0.4 is 10.0 Å². The van der Waals surface area contributed by atoms with Crippen molar-refractivity contribution in [3.05, 3.63) is 54.1 Å². The van der Waals surface area contributed by atoms with E-state index in [1.54, 1.807) is 18.2 Å². The molecule has 0 aliphatic rings. The minimum atomic E-state index is -3.60. The van der Waals surface area contributed by atoms with Crippen LogP contribution >= 0.6 is 11.3 Å². The van der Waals surface area contributed by atoms with Crippen molar-refractivity contribution in [2.45, 2.75) is 18.2 Å². The molecule has 0 saturated heterocycles. The highest BCUT2D eigenvalue weighted by atomic mass is 32.2. The summed E-state index contributed by atoms with van der Waals surface area (Å²) in [4.78, 5) is 16.6. The summed E-state index contributed by atoms with van der Waals surface area (Å²) in [5.41, 5.74) is 1.91. The average molecular weight is 375 g/mol. The first-order chi connectivity index (χ1) is 12.0. The summed E-state index contributed by atoms with van der Waals surface area (Å²) in [7, 11) is -3.60. The molecule has 3 aromatic rings. The van der Waals surface area contributed by atoms with E-state index in [1.165, 1.54) is 23.5 Å². The van der Waals surface area contributed by atoms with Crippen molar-refractivity contribution in [2.24, 2.45) is 0 Å². The van der Waals surface area contributed by atoms with E-state index in [4.69, 9.17) is 0 Å². The quantitative estimate of drug-likeness (QED) is 0.693. The second-order valence-corrected chi connectivity index (χ2v) is 8.25. The molecule has 130 valence electrons. The number of amides is 1. The number of nitrogens with zero attached hydrogens (tertiary/aromatic N) is 1. The molecule has 0 spiro atoms. The van der Waals surface area contributed by atoms with E-state index in [9.17, 15) is 13.2 Å². The maximum atomic E-state index is 12.1. The number of aryl methyl sites for hydroxylation is 1. The van der Waals surface area contributed by atoms with Gasteiger partial charge >= 0.3 is 0 Å². The zero-order valence-electron chi connectivity index (χ0n) is 13.5. The minimum absolute atomic E-state index is 0.0208. The number of carbonyl (C=O) groups excluding carboxylic acids is 1. The standard InChI is InChI=1S/C17H17N3O3S2/c1-12-6-5-9-14-16(12)20-17(24-14)19-15(21)10-11-18-25(22,23)13-7-3-2-4-8-13/h2-9,18H,10-11H2,1H3,(H,19,20,21). The molecule has 0 bridgehead atoms. The molecule has 2 aromatic carbocycles. The molecule has 0 aliphatic heterocycles. The highest BCUT2D eigenvalue weighted by molar-refractivity contribution is 7.89. The number of anilines is 1. The van der Waals surface area contributed by atoms with Crippen LogP contribution in [0.4, 0.5) is 5.13 Å². The number of nitrogens with one attached hydrogen (secondary N) is 2. The molecule has 6 nitrogen and oxygen atoms in total. The monoisotopic (exact) mass is 375 g/mol. The van der Waals surface area contributed by atoms with E-state index >= 15 is 0 Å². The highest BCUT2D eigenvalue weighted by Crippen LogP contribution is 2.27. The predicted octanol–water partition coefficient (Wildman–Crippen LogP) is 2.91. The van der Waals surface area contributed by atoms with Crippen molar-refractivity contribution in [3.63, 3.8) is 0 Å². The van der Waals surface area contributed by atoms with Gasteiger partial charge in [0.25, 0.3) is 0 Å². The van der Waals surface area contributed by atoms with Gasteiger partial charge in [-0.3, -0.25) is 4.79 Å². The number of carbonyl (C=O) groups is 1. The van der Waals surface area contributed by atoms with Gasteiger partial charge in [-0.05, 0) is 30.7 Å². The van der Waals surface area contributed by atoms with Gasteiger partial charge in [-0.2, -0.15) is 0 Å². The molecule has 0 atom stereocenters. The van der Waals surface area contributed by atoms with Crippen LogP contribution in [0.5, 0.6) is 0 Å². The number of rotatable bonds is 6. The molecule has 8 heteroatoms. The fourth-order valence-corrected chi connectivity index (χ4v) is 4.32. The number of sulfonamides is 1. The maximum absolute atomic E-state index is 12.1. The zero-order chi connectivity index (χ0) is 17.9. The largest absolute Gasteiger partial charge is 0.302 e. The summed E-state index contributed by atoms with van der Waals surface area (Å²) in [5.74, 6) is -0.285. The van der Waals surface area contributed by atoms with Crippen LogP contribution in [-0.4, -0.2) is 25.9 Å². The van der Waals surface area contributed by atoms with E-state index < -0.39 is 10.0 Å². The summed E-state index contributed by atoms with van der Waals surface area (Å²) in [6.07, 6.45) is 0.0287. The molecular weight excluding hydrogens is 358 g/mol. The number of benzene rings is 2. The second-order valence-electron chi connectivity index (χ2n) is 5.45. The summed E-state index contributed by atoms with van der Waals surface area (Å²) in [6.45, 7) is 1.99. The van der Waals surface area contributed by atoms with Gasteiger partial charge in [0, 0.05) is 13.0 Å². The smallest absolute Gasteiger partial charge is 0.240 e. The Morgan fingerprint density at radius 3 is 2.60 bits per heavy atom. The Bertz CT molecular complexity index is 998. The van der Waals surface area contributed by atoms with Crippen molar-refractivity contribution in [3.8, 4) is 0 Å². The highest BCUT2D eigenvalue weighted by Gasteiger charge is 2.14. The first-order valence-corrected chi connectivity index (χ1v) is 9.96. The van der Waals surface area contributed by atoms with Crippen molar-refractivity contribution in [1.29, 1.82) is 0 Å². The van der Waals surface area contributed by atoms with Crippen LogP contribution in [0, 0.1) is 6.92 Å². The summed E-state index contributed by atoms with van der Waals surface area (Å²) in [5, 5.41) is 3.23. The molecule has 3 rings (SSSR count). The number of para-hydroxylation sites is 1. The van der Waals surface area contributed by atoms with Crippen LogP contribution in [0.2, 0.25) is 0 Å². The van der Waals surface area contributed by atoms with Gasteiger partial charge in [-0.15, -0.1) is 0 Å². The zero-order valence-corrected chi connectivity index (χ0v) is 15.2. The Labute approximate surface area is 150 Å². The van der Waals surface area contributed by atoms with E-state index in [2.05, 4.69) is 15.0 Å². The van der Waals surface area contributed by atoms with Crippen molar-refractivity contribution < 1.29 is 13.2 Å². The second kappa shape index (κ2) is 7.30. The van der Waals surface area contributed by atoms with E-state index in [1.807, 2.05) is 25.1 Å². The summed E-state index contributed by atoms with van der Waals surface area (Å²) >= 11 is 1.39. The number of hydrogen-bond acceptors (Lipinski definition) is 5. The predicted molar refractivity (Wildman–Crippen MR) is 99.2 cm³/mol. The Morgan fingerprint density at radius 2 is 1.88 bits per heavy atom. The Hall–Kier alpha value is -2.29. The first kappa shape index (κ1) is 17.5. The molecule has 1 heterocycles. The van der Waals surface area contributed by atoms with Crippen LogP contribution in [0.1, 0.15) is 12.0 Å². The number of fused-ring (bicyclic) bond motifs is 1. The van der Waals surface area contributed by atoms with Crippen LogP contribution in [-0.2, 0) is 14.8 Å². The van der Waals surface area contributed by atoms with Crippen molar-refractivity contribution in [2.75, 3.05) is 11.9 Å². The van der Waals surface area contributed by atoms with E-state index in [-0.39, 0.29) is 23.8 Å². The van der Waals surface area contributed by atoms with E-state index in [0.717, 1.165) is 15.8 Å². The fraction of sp³-hybridized carbons (Fsp3) is 0.176. The fourth-order valence-electron chi connectivity index (χ4n) is 2.30. The lowest BCUT2D eigenvalue weighted by molar-refractivity contribution is -0.116. The van der Waals surface area contributed by atoms with Gasteiger partial charge < -0.3 is 5.32 Å². The molecule has 0 aliphatic carbocycles. The number of thiazole rings is 1. The molecule has 25 heavy (non-hydrogen) atoms. The Kier molecular flexibility index (Phi) is 5.12. The van der Waals surface area contributed by atoms with Gasteiger partial charge in [0.2, 0.25) is 15.9 Å². The lowest BCUT2D eigenvalue weighted by Crippen LogP contribution is -2.27. The van der Waals surface area contributed by atoms with Gasteiger partial charge in [-0.25, -0.2) is 18.1 Å². The molecule has 1 amide bonds. The van der Waals surface area contributed by atoms with Crippen molar-refractivity contribution in [1.82, 2.24) is 9.71 Å². The average Bonchev–Trinajstić information content (AvgIpc) is 2.99. The molecule has 0 unspecified atom stereocenters. The lowest BCUT2D eigenvalue weighted by atomic mass is 10.2. The van der Waals surface area contributed by atoms with Gasteiger partial charge in [0.05, 0.1) is 15.1 Å². The summed E-state index contributed by atoms with van der Waals surface area (Å²) in [6, 6.07) is 13.9. The van der Waals surface area contributed by atoms with Crippen LogP contribution in [0.15, 0.2) is 53.4 Å². The topological polar surface area (TPSA) is 88.2 Å². The van der Waals surface area contributed by atoms with E-state index in [0.29, 0.717) is 5.13 Å². The normalized spacial score (nSPS) is 11.6. The molecule has 0 radical (unpaired) electrons. The number of aromatic nitrogens is 1. The summed E-state index contributed by atoms with van der Waals surface area (Å²) < 4.78 is 27.6. The van der Waals surface area contributed by atoms with Gasteiger partial charge in [0.1, 0.15) is 0 Å². The number of hydrogen-bond donors (Lipinski definition) is 2. The Balaban J connectivity index is 1.57. The molecule has 0 saturated carbocycles. The SMILES string of the molecule is Cc1cccc2sc(NC(=O)CCNS(=O)(=O)c3ccccc3)nc12. The Morgan fingerprint density at radius 1 is 1.12 bits per heavy atom. The van der Waals surface area contributed by atoms with Crippen molar-refractivity contribution >= 4 is 42.6 Å². The molecule has 2 N–H and O–H groups in total. The third kappa shape index (κ3) is 4.22. The maximum Gasteiger partial charge on any atom is 0.240 e. The third-order valence-electron chi connectivity index (χ3n) is 3.56. The van der Waals surface area contributed by atoms with Crippen LogP contribution in [0.25, 0.3) is 10.2 Å². The molecule has 0 fully saturated rings. The first-order valence-electron chi connectivity index (χ1n) is 7.66. The van der Waals surface area contributed by atoms with Gasteiger partial charge in [0.15, 0.2) is 5.13 Å². The lowest BCUT2D eigenvalue weighted by Gasteiger charge is -2.06. The minimum Gasteiger partial charge on any atom is -0.302 e. The van der Waals surface area contributed by atoms with Crippen LogP contribution in [0.3, 0.4) is 0 Å². The van der Waals surface area contributed by atoms with Gasteiger partial charge in [-0.1, -0.05) is 41.7 Å². The molecule has 1 aromatic heterocycles. The third-order valence-corrected chi connectivity index (χ3v) is 5.98. The molecular formula is C17H17N3O3S2.